The van der Waals surface area contributed by atoms with Crippen LogP contribution in [0.25, 0.3) is 0 Å². The number of carbonyl (C=O) groups excluding carboxylic acids is 3. The maximum absolute atomic E-state index is 12.8. The molecular formula is C19H24N4O3. The molecule has 26 heavy (non-hydrogen) atoms. The SMILES string of the molecule is CNC1(CNCc2ccc3c(c2)C(=O)N(C2CCC(=O)NC2=O)C3)CC1. The van der Waals surface area contributed by atoms with Crippen LogP contribution in [0.5, 0.6) is 0 Å². The Labute approximate surface area is 152 Å². The summed E-state index contributed by atoms with van der Waals surface area (Å²) in [5.41, 5.74) is 2.92. The van der Waals surface area contributed by atoms with Crippen LogP contribution in [0.3, 0.4) is 0 Å². The molecule has 0 aromatic heterocycles. The van der Waals surface area contributed by atoms with Crippen molar-refractivity contribution in [3.8, 4) is 0 Å². The molecule has 3 amide bonds. The Hall–Kier alpha value is -2.25. The van der Waals surface area contributed by atoms with Crippen molar-refractivity contribution in [1.29, 1.82) is 0 Å². The number of rotatable bonds is 6. The molecule has 1 aliphatic carbocycles. The fourth-order valence-corrected chi connectivity index (χ4v) is 3.82. The van der Waals surface area contributed by atoms with Crippen LogP contribution in [0.15, 0.2) is 18.2 Å². The third kappa shape index (κ3) is 3.12. The molecule has 1 saturated heterocycles. The molecule has 7 nitrogen and oxygen atoms in total. The second-order valence-electron chi connectivity index (χ2n) is 7.53. The zero-order valence-corrected chi connectivity index (χ0v) is 14.9. The van der Waals surface area contributed by atoms with Crippen LogP contribution in [0.4, 0.5) is 0 Å². The number of carbonyl (C=O) groups is 3. The molecule has 1 atom stereocenters. The van der Waals surface area contributed by atoms with E-state index in [1.807, 2.05) is 25.2 Å². The first kappa shape index (κ1) is 17.2. The lowest BCUT2D eigenvalue weighted by Gasteiger charge is -2.29. The highest BCUT2D eigenvalue weighted by Gasteiger charge is 2.41. The van der Waals surface area contributed by atoms with E-state index in [0.29, 0.717) is 25.1 Å². The van der Waals surface area contributed by atoms with Gasteiger partial charge in [0.25, 0.3) is 5.91 Å². The number of piperidine rings is 1. The Morgan fingerprint density at radius 2 is 2.08 bits per heavy atom. The second-order valence-corrected chi connectivity index (χ2v) is 7.53. The van der Waals surface area contributed by atoms with Crippen LogP contribution in [-0.4, -0.2) is 47.8 Å². The Morgan fingerprint density at radius 3 is 2.77 bits per heavy atom. The van der Waals surface area contributed by atoms with Crippen molar-refractivity contribution in [3.63, 3.8) is 0 Å². The number of hydrogen-bond donors (Lipinski definition) is 3. The van der Waals surface area contributed by atoms with Crippen LogP contribution < -0.4 is 16.0 Å². The highest BCUT2D eigenvalue weighted by molar-refractivity contribution is 6.05. The van der Waals surface area contributed by atoms with Gasteiger partial charge in [0.2, 0.25) is 11.8 Å². The van der Waals surface area contributed by atoms with Gasteiger partial charge in [-0.1, -0.05) is 12.1 Å². The summed E-state index contributed by atoms with van der Waals surface area (Å²) in [6, 6.07) is 5.38. The van der Waals surface area contributed by atoms with Crippen LogP contribution in [0, 0.1) is 0 Å². The third-order valence-electron chi connectivity index (χ3n) is 5.77. The molecule has 0 spiro atoms. The van der Waals surface area contributed by atoms with E-state index in [4.69, 9.17) is 0 Å². The summed E-state index contributed by atoms with van der Waals surface area (Å²) in [7, 11) is 1.99. The summed E-state index contributed by atoms with van der Waals surface area (Å²) >= 11 is 0. The monoisotopic (exact) mass is 356 g/mol. The van der Waals surface area contributed by atoms with E-state index in [9.17, 15) is 14.4 Å². The molecule has 7 heteroatoms. The van der Waals surface area contributed by atoms with Gasteiger partial charge < -0.3 is 15.5 Å². The minimum Gasteiger partial charge on any atom is -0.322 e. The molecular weight excluding hydrogens is 332 g/mol. The number of hydrogen-bond acceptors (Lipinski definition) is 5. The number of nitrogens with one attached hydrogen (secondary N) is 3. The zero-order valence-electron chi connectivity index (χ0n) is 14.9. The van der Waals surface area contributed by atoms with Crippen molar-refractivity contribution in [2.45, 2.75) is 50.4 Å². The molecule has 2 heterocycles. The minimum atomic E-state index is -0.556. The van der Waals surface area contributed by atoms with Gasteiger partial charge in [-0.25, -0.2) is 0 Å². The van der Waals surface area contributed by atoms with Crippen LogP contribution in [-0.2, 0) is 22.7 Å². The smallest absolute Gasteiger partial charge is 0.255 e. The fraction of sp³-hybridized carbons (Fsp3) is 0.526. The van der Waals surface area contributed by atoms with Crippen LogP contribution in [0.2, 0.25) is 0 Å². The van der Waals surface area contributed by atoms with E-state index in [-0.39, 0.29) is 29.7 Å². The molecule has 0 bridgehead atoms. The van der Waals surface area contributed by atoms with E-state index >= 15 is 0 Å². The number of benzene rings is 1. The summed E-state index contributed by atoms with van der Waals surface area (Å²) in [5.74, 6) is -0.755. The predicted molar refractivity (Wildman–Crippen MR) is 95.2 cm³/mol. The molecule has 3 N–H and O–H groups in total. The first-order valence-corrected chi connectivity index (χ1v) is 9.17. The first-order valence-electron chi connectivity index (χ1n) is 9.17. The molecule has 0 radical (unpaired) electrons. The normalized spacial score (nSPS) is 23.8. The van der Waals surface area contributed by atoms with E-state index in [1.54, 1.807) is 4.90 Å². The quantitative estimate of drug-likeness (QED) is 0.638. The Kier molecular flexibility index (Phi) is 4.28. The second kappa shape index (κ2) is 6.48. The van der Waals surface area contributed by atoms with Crippen LogP contribution >= 0.6 is 0 Å². The van der Waals surface area contributed by atoms with Crippen molar-refractivity contribution in [1.82, 2.24) is 20.9 Å². The molecule has 1 unspecified atom stereocenters. The molecule has 1 saturated carbocycles. The largest absolute Gasteiger partial charge is 0.322 e. The number of imide groups is 1. The summed E-state index contributed by atoms with van der Waals surface area (Å²) < 4.78 is 0. The van der Waals surface area contributed by atoms with Crippen molar-refractivity contribution in [2.75, 3.05) is 13.6 Å². The molecule has 2 aliphatic heterocycles. The van der Waals surface area contributed by atoms with Gasteiger partial charge in [-0.15, -0.1) is 0 Å². The zero-order chi connectivity index (χ0) is 18.3. The van der Waals surface area contributed by atoms with Gasteiger partial charge in [-0.3, -0.25) is 19.7 Å². The maximum Gasteiger partial charge on any atom is 0.255 e. The molecule has 138 valence electrons. The lowest BCUT2D eigenvalue weighted by Crippen LogP contribution is -2.52. The van der Waals surface area contributed by atoms with Crippen molar-refractivity contribution >= 4 is 17.7 Å². The van der Waals surface area contributed by atoms with Crippen molar-refractivity contribution < 1.29 is 14.4 Å². The summed E-state index contributed by atoms with van der Waals surface area (Å²) in [6.45, 7) is 2.05. The van der Waals surface area contributed by atoms with Gasteiger partial charge in [0.15, 0.2) is 0 Å². The number of fused-ring (bicyclic) bond motifs is 1. The van der Waals surface area contributed by atoms with Gasteiger partial charge in [-0.05, 0) is 43.5 Å². The molecule has 3 aliphatic rings. The van der Waals surface area contributed by atoms with Gasteiger partial charge in [0.05, 0.1) is 0 Å². The van der Waals surface area contributed by atoms with Gasteiger partial charge >= 0.3 is 0 Å². The van der Waals surface area contributed by atoms with Gasteiger partial charge in [0, 0.05) is 37.2 Å². The van der Waals surface area contributed by atoms with Crippen molar-refractivity contribution in [2.24, 2.45) is 0 Å². The summed E-state index contributed by atoms with van der Waals surface area (Å²) in [5, 5.41) is 9.14. The summed E-state index contributed by atoms with van der Waals surface area (Å²) in [4.78, 5) is 37.8. The van der Waals surface area contributed by atoms with E-state index in [0.717, 1.165) is 17.7 Å². The number of nitrogens with zero attached hydrogens (tertiary/aromatic N) is 1. The Balaban J connectivity index is 1.42. The van der Waals surface area contributed by atoms with Crippen molar-refractivity contribution in [3.05, 3.63) is 34.9 Å². The third-order valence-corrected chi connectivity index (χ3v) is 5.77. The molecule has 4 rings (SSSR count). The molecule has 1 aromatic rings. The van der Waals surface area contributed by atoms with E-state index < -0.39 is 6.04 Å². The van der Waals surface area contributed by atoms with E-state index in [2.05, 4.69) is 16.0 Å². The average Bonchev–Trinajstić information content (AvgIpc) is 3.34. The lowest BCUT2D eigenvalue weighted by atomic mass is 10.0. The summed E-state index contributed by atoms with van der Waals surface area (Å²) in [6.07, 6.45) is 3.06. The Morgan fingerprint density at radius 1 is 1.27 bits per heavy atom. The molecule has 1 aromatic carbocycles. The lowest BCUT2D eigenvalue weighted by molar-refractivity contribution is -0.136. The van der Waals surface area contributed by atoms with Crippen LogP contribution in [0.1, 0.15) is 47.2 Å². The maximum atomic E-state index is 12.8. The average molecular weight is 356 g/mol. The Bertz CT molecular complexity index is 772. The minimum absolute atomic E-state index is 0.120. The fourth-order valence-electron chi connectivity index (χ4n) is 3.82. The molecule has 2 fully saturated rings. The van der Waals surface area contributed by atoms with Gasteiger partial charge in [-0.2, -0.15) is 0 Å². The van der Waals surface area contributed by atoms with Gasteiger partial charge in [0.1, 0.15) is 6.04 Å². The predicted octanol–water partition coefficient (Wildman–Crippen LogP) is 0.289. The highest BCUT2D eigenvalue weighted by atomic mass is 16.2. The standard InChI is InChI=1S/C19H24N4O3/c1-20-19(6-7-19)11-21-9-12-2-3-13-10-23(18(26)14(13)8-12)15-4-5-16(24)22-17(15)25/h2-3,8,15,20-21H,4-7,9-11H2,1H3,(H,22,24,25). The number of amides is 3. The number of likely N-dealkylation sites (N-methyl/N-ethyl adjacent to an activating group) is 1. The first-order chi connectivity index (χ1) is 12.5. The highest BCUT2D eigenvalue weighted by Crippen LogP contribution is 2.34. The van der Waals surface area contributed by atoms with E-state index in [1.165, 1.54) is 12.8 Å². The topological polar surface area (TPSA) is 90.5 Å².